The Morgan fingerprint density at radius 1 is 1.23 bits per heavy atom. The predicted octanol–water partition coefficient (Wildman–Crippen LogP) is 5.07. The van der Waals surface area contributed by atoms with E-state index < -0.39 is 6.10 Å². The van der Waals surface area contributed by atoms with Crippen LogP contribution in [0.2, 0.25) is 5.02 Å². The molecule has 1 aromatic heterocycles. The van der Waals surface area contributed by atoms with Crippen LogP contribution < -0.4 is 4.74 Å². The molecule has 0 aliphatic carbocycles. The van der Waals surface area contributed by atoms with Crippen LogP contribution in [0.4, 0.5) is 4.79 Å². The lowest BCUT2D eigenvalue weighted by molar-refractivity contribution is 0.0621. The number of H-pyrrole nitrogens is 1. The third-order valence-corrected chi connectivity index (χ3v) is 6.31. The Bertz CT molecular complexity index is 1170. The van der Waals surface area contributed by atoms with E-state index in [2.05, 4.69) is 4.98 Å². The molecular formula is C27H33ClN2O5. The molecule has 188 valence electrons. The fourth-order valence-electron chi connectivity index (χ4n) is 4.32. The van der Waals surface area contributed by atoms with Gasteiger partial charge in [0.15, 0.2) is 0 Å². The van der Waals surface area contributed by atoms with Gasteiger partial charge in [0.1, 0.15) is 11.8 Å². The molecule has 0 saturated carbocycles. The van der Waals surface area contributed by atoms with Gasteiger partial charge >= 0.3 is 6.09 Å². The van der Waals surface area contributed by atoms with Gasteiger partial charge in [0.05, 0.1) is 25.9 Å². The molecule has 8 heteroatoms. The van der Waals surface area contributed by atoms with Gasteiger partial charge in [0.25, 0.3) is 0 Å². The molecule has 3 aromatic rings. The Hall–Kier alpha value is -2.74. The van der Waals surface area contributed by atoms with Crippen molar-refractivity contribution in [2.45, 2.75) is 45.8 Å². The Balaban J connectivity index is 1.64. The molecule has 0 fully saturated rings. The lowest BCUT2D eigenvalue weighted by atomic mass is 9.92. The van der Waals surface area contributed by atoms with E-state index in [1.807, 2.05) is 63.2 Å². The molecule has 4 rings (SSSR count). The van der Waals surface area contributed by atoms with Crippen LogP contribution in [0.15, 0.2) is 42.5 Å². The highest BCUT2D eigenvalue weighted by molar-refractivity contribution is 6.31. The van der Waals surface area contributed by atoms with Crippen molar-refractivity contribution in [3.63, 3.8) is 0 Å². The first kappa shape index (κ1) is 25.4. The van der Waals surface area contributed by atoms with Crippen LogP contribution in [-0.4, -0.2) is 58.7 Å². The smallest absolute Gasteiger partial charge is 0.410 e. The number of aliphatic hydroxyl groups is 2. The van der Waals surface area contributed by atoms with E-state index in [0.29, 0.717) is 43.4 Å². The molecule has 0 bridgehead atoms. The van der Waals surface area contributed by atoms with Gasteiger partial charge in [-0.15, -0.1) is 0 Å². The summed E-state index contributed by atoms with van der Waals surface area (Å²) in [5.74, 6) is 0.653. The van der Waals surface area contributed by atoms with Crippen LogP contribution in [0.3, 0.4) is 0 Å². The van der Waals surface area contributed by atoms with Crippen molar-refractivity contribution in [1.29, 1.82) is 0 Å². The summed E-state index contributed by atoms with van der Waals surface area (Å²) in [5.41, 5.74) is 3.90. The average molecular weight is 501 g/mol. The van der Waals surface area contributed by atoms with E-state index in [0.717, 1.165) is 27.7 Å². The van der Waals surface area contributed by atoms with Crippen LogP contribution in [0.25, 0.3) is 10.9 Å². The Labute approximate surface area is 210 Å². The summed E-state index contributed by atoms with van der Waals surface area (Å²) in [7, 11) is 0. The lowest BCUT2D eigenvalue weighted by Crippen LogP contribution is -2.41. The van der Waals surface area contributed by atoms with Crippen LogP contribution in [-0.2, 0) is 11.2 Å². The van der Waals surface area contributed by atoms with Gasteiger partial charge in [0.2, 0.25) is 0 Å². The minimum absolute atomic E-state index is 0.132. The first-order chi connectivity index (χ1) is 16.7. The monoisotopic (exact) mass is 500 g/mol. The quantitative estimate of drug-likeness (QED) is 0.421. The molecule has 0 saturated heterocycles. The maximum Gasteiger partial charge on any atom is 0.410 e. The van der Waals surface area contributed by atoms with Crippen LogP contribution in [0, 0.1) is 5.41 Å². The molecule has 1 aliphatic rings. The fourth-order valence-corrected chi connectivity index (χ4v) is 4.49. The Morgan fingerprint density at radius 2 is 1.97 bits per heavy atom. The van der Waals surface area contributed by atoms with Gasteiger partial charge in [0, 0.05) is 34.6 Å². The molecule has 35 heavy (non-hydrogen) atoms. The minimum atomic E-state index is -0.793. The normalized spacial score (nSPS) is 16.7. The third-order valence-electron chi connectivity index (χ3n) is 6.08. The Kier molecular flexibility index (Phi) is 7.59. The van der Waals surface area contributed by atoms with Crippen molar-refractivity contribution in [3.8, 4) is 5.75 Å². The number of hydrogen-bond acceptors (Lipinski definition) is 5. The SMILES string of the molecule is CC(C)(C)COC(=O)N1CCc2c([nH]c3ccc(Cl)cc23)C1c1ccc(OCC[C@H](O)CO)cc1. The van der Waals surface area contributed by atoms with Gasteiger partial charge in [-0.2, -0.15) is 0 Å². The third kappa shape index (κ3) is 5.92. The van der Waals surface area contributed by atoms with E-state index in [4.69, 9.17) is 26.2 Å². The van der Waals surface area contributed by atoms with Crippen molar-refractivity contribution < 1.29 is 24.5 Å². The molecule has 2 atom stereocenters. The summed E-state index contributed by atoms with van der Waals surface area (Å²) in [4.78, 5) is 18.5. The van der Waals surface area contributed by atoms with Crippen molar-refractivity contribution >= 4 is 28.6 Å². The second-order valence-corrected chi connectivity index (χ2v) is 10.6. The molecule has 0 spiro atoms. The van der Waals surface area contributed by atoms with Crippen molar-refractivity contribution in [2.75, 3.05) is 26.4 Å². The van der Waals surface area contributed by atoms with Gasteiger partial charge < -0.3 is 24.7 Å². The van der Waals surface area contributed by atoms with Crippen molar-refractivity contribution in [2.24, 2.45) is 5.41 Å². The lowest BCUT2D eigenvalue weighted by Gasteiger charge is -2.36. The second-order valence-electron chi connectivity index (χ2n) is 10.2. The first-order valence-electron chi connectivity index (χ1n) is 11.9. The molecule has 0 radical (unpaired) electrons. The number of aliphatic hydroxyl groups excluding tert-OH is 2. The van der Waals surface area contributed by atoms with Crippen molar-refractivity contribution in [3.05, 3.63) is 64.3 Å². The number of fused-ring (bicyclic) bond motifs is 3. The number of carbonyl (C=O) groups is 1. The number of carbonyl (C=O) groups excluding carboxylic acids is 1. The van der Waals surface area contributed by atoms with E-state index in [1.54, 1.807) is 4.90 Å². The van der Waals surface area contributed by atoms with E-state index in [9.17, 15) is 9.90 Å². The van der Waals surface area contributed by atoms with Crippen LogP contribution in [0.5, 0.6) is 5.75 Å². The summed E-state index contributed by atoms with van der Waals surface area (Å²) >= 11 is 6.28. The molecule has 2 aromatic carbocycles. The summed E-state index contributed by atoms with van der Waals surface area (Å²) < 4.78 is 11.4. The number of benzene rings is 2. The average Bonchev–Trinajstić information content (AvgIpc) is 3.19. The number of amides is 1. The summed E-state index contributed by atoms with van der Waals surface area (Å²) in [6.45, 7) is 6.96. The molecule has 1 aliphatic heterocycles. The number of halogens is 1. The number of aromatic nitrogens is 1. The molecule has 7 nitrogen and oxygen atoms in total. The maximum atomic E-state index is 13.2. The molecular weight excluding hydrogens is 468 g/mol. The van der Waals surface area contributed by atoms with Crippen LogP contribution in [0.1, 0.15) is 50.1 Å². The number of aromatic amines is 1. The number of ether oxygens (including phenoxy) is 2. The number of nitrogens with one attached hydrogen (secondary N) is 1. The number of nitrogens with zero attached hydrogens (tertiary/aromatic N) is 1. The van der Waals surface area contributed by atoms with E-state index >= 15 is 0 Å². The van der Waals surface area contributed by atoms with E-state index in [-0.39, 0.29) is 24.2 Å². The first-order valence-corrected chi connectivity index (χ1v) is 12.3. The molecule has 3 N–H and O–H groups in total. The predicted molar refractivity (Wildman–Crippen MR) is 136 cm³/mol. The largest absolute Gasteiger partial charge is 0.493 e. The van der Waals surface area contributed by atoms with E-state index in [1.165, 1.54) is 0 Å². The minimum Gasteiger partial charge on any atom is -0.493 e. The standard InChI is InChI=1S/C27H33ClN2O5/c1-27(2,3)16-35-26(33)30-12-10-21-22-14-18(28)6-9-23(22)29-24(21)25(30)17-4-7-20(8-5-17)34-13-11-19(32)15-31/h4-9,14,19,25,29,31-32H,10-13,15-16H2,1-3H3/t19-,25?/m0/s1. The van der Waals surface area contributed by atoms with Crippen molar-refractivity contribution in [1.82, 2.24) is 9.88 Å². The highest BCUT2D eigenvalue weighted by Crippen LogP contribution is 2.40. The Morgan fingerprint density at radius 3 is 2.66 bits per heavy atom. The summed E-state index contributed by atoms with van der Waals surface area (Å²) in [5, 5.41) is 20.2. The zero-order chi connectivity index (χ0) is 25.2. The number of rotatable bonds is 7. The summed E-state index contributed by atoms with van der Waals surface area (Å²) in [6.07, 6.45) is -0.0934. The molecule has 2 heterocycles. The zero-order valence-corrected chi connectivity index (χ0v) is 21.1. The second kappa shape index (κ2) is 10.5. The maximum absolute atomic E-state index is 13.2. The topological polar surface area (TPSA) is 95.0 Å². The molecule has 1 amide bonds. The van der Waals surface area contributed by atoms with Gasteiger partial charge in [-0.3, -0.25) is 4.90 Å². The highest BCUT2D eigenvalue weighted by atomic mass is 35.5. The highest BCUT2D eigenvalue weighted by Gasteiger charge is 2.36. The van der Waals surface area contributed by atoms with Gasteiger partial charge in [-0.1, -0.05) is 44.5 Å². The van der Waals surface area contributed by atoms with Crippen LogP contribution >= 0.6 is 11.6 Å². The number of hydrogen-bond donors (Lipinski definition) is 3. The van der Waals surface area contributed by atoms with Gasteiger partial charge in [-0.25, -0.2) is 4.79 Å². The zero-order valence-electron chi connectivity index (χ0n) is 20.4. The summed E-state index contributed by atoms with van der Waals surface area (Å²) in [6, 6.07) is 13.0. The van der Waals surface area contributed by atoms with Gasteiger partial charge in [-0.05, 0) is 53.3 Å². The molecule has 1 unspecified atom stereocenters. The fraction of sp³-hybridized carbons (Fsp3) is 0.444.